The van der Waals surface area contributed by atoms with E-state index in [1.807, 2.05) is 38.1 Å². The summed E-state index contributed by atoms with van der Waals surface area (Å²) in [6, 6.07) is 12.8. The lowest BCUT2D eigenvalue weighted by Crippen LogP contribution is -2.44. The summed E-state index contributed by atoms with van der Waals surface area (Å²) in [5, 5.41) is 3.50. The third-order valence-corrected chi connectivity index (χ3v) is 3.73. The summed E-state index contributed by atoms with van der Waals surface area (Å²) in [7, 11) is 0. The minimum Gasteiger partial charge on any atom is -0.487 e. The predicted octanol–water partition coefficient (Wildman–Crippen LogP) is 4.47. The monoisotopic (exact) mass is 316 g/mol. The van der Waals surface area contributed by atoms with Gasteiger partial charge in [-0.25, -0.2) is 4.79 Å². The molecule has 1 aliphatic rings. The van der Waals surface area contributed by atoms with Gasteiger partial charge in [-0.05, 0) is 49.7 Å². The number of amides is 2. The van der Waals surface area contributed by atoms with E-state index in [9.17, 15) is 4.79 Å². The van der Waals surface area contributed by atoms with Crippen LogP contribution in [0.15, 0.2) is 42.5 Å². The van der Waals surface area contributed by atoms with Gasteiger partial charge in [-0.2, -0.15) is 0 Å². The van der Waals surface area contributed by atoms with Crippen molar-refractivity contribution in [3.8, 4) is 5.75 Å². The van der Waals surface area contributed by atoms with Crippen LogP contribution in [0.3, 0.4) is 0 Å². The smallest absolute Gasteiger partial charge is 0.326 e. The zero-order valence-electron chi connectivity index (χ0n) is 12.5. The van der Waals surface area contributed by atoms with Crippen LogP contribution in [0.25, 0.3) is 0 Å². The van der Waals surface area contributed by atoms with Crippen LogP contribution in [-0.4, -0.2) is 18.7 Å². The minimum atomic E-state index is -0.190. The van der Waals surface area contributed by atoms with E-state index >= 15 is 0 Å². The Morgan fingerprint density at radius 2 is 2.14 bits per heavy atom. The Kier molecular flexibility index (Phi) is 3.94. The fourth-order valence-electron chi connectivity index (χ4n) is 2.52. The van der Waals surface area contributed by atoms with Crippen molar-refractivity contribution in [3.63, 3.8) is 0 Å². The number of carbonyl (C=O) groups excluding carboxylic acids is 1. The van der Waals surface area contributed by atoms with Gasteiger partial charge in [0.2, 0.25) is 0 Å². The largest absolute Gasteiger partial charge is 0.487 e. The van der Waals surface area contributed by atoms with Crippen molar-refractivity contribution in [2.24, 2.45) is 0 Å². The van der Waals surface area contributed by atoms with Crippen molar-refractivity contribution >= 4 is 29.0 Å². The van der Waals surface area contributed by atoms with Crippen LogP contribution < -0.4 is 15.0 Å². The lowest BCUT2D eigenvalue weighted by Gasteiger charge is -2.33. The van der Waals surface area contributed by atoms with Crippen molar-refractivity contribution < 1.29 is 9.53 Å². The van der Waals surface area contributed by atoms with Crippen molar-refractivity contribution in [3.05, 3.63) is 53.1 Å². The summed E-state index contributed by atoms with van der Waals surface area (Å²) in [5.74, 6) is 0.669. The van der Waals surface area contributed by atoms with Crippen LogP contribution in [0.1, 0.15) is 12.5 Å². The van der Waals surface area contributed by atoms with E-state index in [1.165, 1.54) is 0 Å². The Morgan fingerprint density at radius 3 is 2.91 bits per heavy atom. The van der Waals surface area contributed by atoms with Crippen LogP contribution in [0, 0.1) is 6.92 Å². The molecular weight excluding hydrogens is 300 g/mol. The van der Waals surface area contributed by atoms with Crippen molar-refractivity contribution in [2.75, 3.05) is 16.8 Å². The predicted molar refractivity (Wildman–Crippen MR) is 89.1 cm³/mol. The summed E-state index contributed by atoms with van der Waals surface area (Å²) in [5.41, 5.74) is 2.56. The summed E-state index contributed by atoms with van der Waals surface area (Å²) >= 11 is 6.05. The van der Waals surface area contributed by atoms with Gasteiger partial charge in [-0.15, -0.1) is 0 Å². The van der Waals surface area contributed by atoms with E-state index in [-0.39, 0.29) is 12.1 Å². The molecule has 3 rings (SSSR count). The Labute approximate surface area is 134 Å². The number of ether oxygens (including phenoxy) is 1. The Bertz CT molecular complexity index is 718. The molecule has 0 radical (unpaired) electrons. The maximum atomic E-state index is 12.6. The zero-order valence-corrected chi connectivity index (χ0v) is 13.2. The van der Waals surface area contributed by atoms with E-state index in [4.69, 9.17) is 16.3 Å². The Morgan fingerprint density at radius 1 is 1.32 bits per heavy atom. The molecule has 0 spiro atoms. The SMILES string of the molecule is Cc1cccc(NC(=O)N2C[C@@H](C)Oc3ccc(Cl)cc32)c1. The minimum absolute atomic E-state index is 0.0723. The number of benzene rings is 2. The van der Waals surface area contributed by atoms with Crippen LogP contribution in [0.2, 0.25) is 5.02 Å². The normalized spacial score (nSPS) is 16.7. The van der Waals surface area contributed by atoms with Crippen molar-refractivity contribution in [1.82, 2.24) is 0 Å². The van der Waals surface area contributed by atoms with Gasteiger partial charge < -0.3 is 10.1 Å². The molecule has 2 aromatic carbocycles. The quantitative estimate of drug-likeness (QED) is 0.843. The van der Waals surface area contributed by atoms with E-state index in [0.29, 0.717) is 23.0 Å². The highest BCUT2D eigenvalue weighted by atomic mass is 35.5. The number of fused-ring (bicyclic) bond motifs is 1. The zero-order chi connectivity index (χ0) is 15.7. The van der Waals surface area contributed by atoms with E-state index < -0.39 is 0 Å². The number of hydrogen-bond acceptors (Lipinski definition) is 2. The van der Waals surface area contributed by atoms with Gasteiger partial charge in [0.15, 0.2) is 0 Å². The summed E-state index contributed by atoms with van der Waals surface area (Å²) in [4.78, 5) is 14.3. The molecule has 1 N–H and O–H groups in total. The standard InChI is InChI=1S/C17H17ClN2O2/c1-11-4-3-5-14(8-11)19-17(21)20-10-12(2)22-16-7-6-13(18)9-15(16)20/h3-9,12H,10H2,1-2H3,(H,19,21)/t12-/m1/s1. The molecule has 0 fully saturated rings. The number of carbonyl (C=O) groups is 1. The topological polar surface area (TPSA) is 41.6 Å². The number of urea groups is 1. The fraction of sp³-hybridized carbons (Fsp3) is 0.235. The molecule has 1 atom stereocenters. The first kappa shape index (κ1) is 14.7. The molecule has 0 saturated heterocycles. The molecule has 1 heterocycles. The Hall–Kier alpha value is -2.20. The molecular formula is C17H17ClN2O2. The number of halogens is 1. The van der Waals surface area contributed by atoms with Crippen molar-refractivity contribution in [1.29, 1.82) is 0 Å². The number of aryl methyl sites for hydroxylation is 1. The lowest BCUT2D eigenvalue weighted by molar-refractivity contribution is 0.208. The molecule has 0 bridgehead atoms. The maximum absolute atomic E-state index is 12.6. The highest BCUT2D eigenvalue weighted by molar-refractivity contribution is 6.31. The molecule has 0 unspecified atom stereocenters. The molecule has 22 heavy (non-hydrogen) atoms. The average molecular weight is 317 g/mol. The number of hydrogen-bond donors (Lipinski definition) is 1. The van der Waals surface area contributed by atoms with Crippen molar-refractivity contribution in [2.45, 2.75) is 20.0 Å². The second-order valence-corrected chi connectivity index (χ2v) is 5.89. The molecule has 5 heteroatoms. The van der Waals surface area contributed by atoms with Gasteiger partial charge in [0, 0.05) is 10.7 Å². The summed E-state index contributed by atoms with van der Waals surface area (Å²) in [6.45, 7) is 4.40. The first-order chi connectivity index (χ1) is 10.5. The van der Waals surface area contributed by atoms with Gasteiger partial charge in [0.25, 0.3) is 0 Å². The second kappa shape index (κ2) is 5.89. The average Bonchev–Trinajstić information content (AvgIpc) is 2.47. The molecule has 2 amide bonds. The Balaban J connectivity index is 1.88. The maximum Gasteiger partial charge on any atom is 0.326 e. The highest BCUT2D eigenvalue weighted by Crippen LogP contribution is 2.36. The van der Waals surface area contributed by atoms with Gasteiger partial charge in [0.1, 0.15) is 11.9 Å². The molecule has 0 aliphatic carbocycles. The van der Waals surface area contributed by atoms with Crippen LogP contribution in [0.4, 0.5) is 16.2 Å². The first-order valence-electron chi connectivity index (χ1n) is 7.14. The third-order valence-electron chi connectivity index (χ3n) is 3.49. The molecule has 0 saturated carbocycles. The molecule has 2 aromatic rings. The molecule has 0 aromatic heterocycles. The van der Waals surface area contributed by atoms with Gasteiger partial charge >= 0.3 is 6.03 Å². The van der Waals surface area contributed by atoms with Crippen LogP contribution in [-0.2, 0) is 0 Å². The summed E-state index contributed by atoms with van der Waals surface area (Å²) in [6.07, 6.45) is -0.0723. The van der Waals surface area contributed by atoms with Gasteiger partial charge in [-0.3, -0.25) is 4.90 Å². The van der Waals surface area contributed by atoms with E-state index in [0.717, 1.165) is 11.3 Å². The number of nitrogens with zero attached hydrogens (tertiary/aromatic N) is 1. The van der Waals surface area contributed by atoms with Crippen LogP contribution in [0.5, 0.6) is 5.75 Å². The third kappa shape index (κ3) is 3.02. The molecule has 4 nitrogen and oxygen atoms in total. The van der Waals surface area contributed by atoms with Gasteiger partial charge in [0.05, 0.1) is 12.2 Å². The molecule has 114 valence electrons. The number of rotatable bonds is 1. The fourth-order valence-corrected chi connectivity index (χ4v) is 2.68. The lowest BCUT2D eigenvalue weighted by atomic mass is 10.2. The van der Waals surface area contributed by atoms with E-state index in [1.54, 1.807) is 23.1 Å². The highest BCUT2D eigenvalue weighted by Gasteiger charge is 2.28. The number of anilines is 2. The summed E-state index contributed by atoms with van der Waals surface area (Å²) < 4.78 is 5.76. The van der Waals surface area contributed by atoms with E-state index in [2.05, 4.69) is 5.32 Å². The number of nitrogens with one attached hydrogen (secondary N) is 1. The van der Waals surface area contributed by atoms with Gasteiger partial charge in [-0.1, -0.05) is 23.7 Å². The second-order valence-electron chi connectivity index (χ2n) is 5.45. The first-order valence-corrected chi connectivity index (χ1v) is 7.52. The van der Waals surface area contributed by atoms with Crippen LogP contribution >= 0.6 is 11.6 Å². The molecule has 1 aliphatic heterocycles.